The molecule has 2 heterocycles. The van der Waals surface area contributed by atoms with Gasteiger partial charge in [0.1, 0.15) is 0 Å². The van der Waals surface area contributed by atoms with Crippen LogP contribution in [0.2, 0.25) is 4.34 Å². The van der Waals surface area contributed by atoms with Gasteiger partial charge in [0.2, 0.25) is 5.91 Å². The minimum atomic E-state index is 0.0189. The van der Waals surface area contributed by atoms with E-state index in [0.29, 0.717) is 6.54 Å². The Morgan fingerprint density at radius 1 is 1.65 bits per heavy atom. The Labute approximate surface area is 111 Å². The molecule has 0 saturated carbocycles. The molecule has 0 unspecified atom stereocenters. The van der Waals surface area contributed by atoms with Crippen molar-refractivity contribution in [1.82, 2.24) is 10.2 Å². The fourth-order valence-electron chi connectivity index (χ4n) is 2.09. The van der Waals surface area contributed by atoms with E-state index in [1.807, 2.05) is 24.0 Å². The second kappa shape index (κ2) is 5.85. The molecule has 0 aromatic carbocycles. The Morgan fingerprint density at radius 2 is 2.47 bits per heavy atom. The van der Waals surface area contributed by atoms with E-state index in [9.17, 15) is 4.79 Å². The van der Waals surface area contributed by atoms with Crippen LogP contribution in [0.5, 0.6) is 0 Å². The molecule has 1 aromatic heterocycles. The van der Waals surface area contributed by atoms with Gasteiger partial charge in [0.15, 0.2) is 0 Å². The molecule has 1 atom stereocenters. The average molecular weight is 273 g/mol. The Kier molecular flexibility index (Phi) is 4.42. The number of nitrogens with zero attached hydrogens (tertiary/aromatic N) is 1. The topological polar surface area (TPSA) is 32.3 Å². The molecule has 0 radical (unpaired) electrons. The molecule has 1 aromatic rings. The van der Waals surface area contributed by atoms with Crippen molar-refractivity contribution in [2.24, 2.45) is 0 Å². The second-order valence-corrected chi connectivity index (χ2v) is 6.01. The zero-order valence-corrected chi connectivity index (χ0v) is 11.5. The highest BCUT2D eigenvalue weighted by molar-refractivity contribution is 7.16. The van der Waals surface area contributed by atoms with E-state index >= 15 is 0 Å². The van der Waals surface area contributed by atoms with Crippen molar-refractivity contribution in [3.63, 3.8) is 0 Å². The summed E-state index contributed by atoms with van der Waals surface area (Å²) in [5.74, 6) is 0.217. The van der Waals surface area contributed by atoms with Crippen molar-refractivity contribution in [2.75, 3.05) is 13.1 Å². The number of hydrogen-bond donors (Lipinski definition) is 1. The summed E-state index contributed by atoms with van der Waals surface area (Å²) in [7, 11) is 0. The predicted octanol–water partition coefficient (Wildman–Crippen LogP) is 2.50. The van der Waals surface area contributed by atoms with Crippen LogP contribution in [0.1, 0.15) is 24.6 Å². The number of nitrogens with one attached hydrogen (secondary N) is 1. The number of likely N-dealkylation sites (N-methyl/N-ethyl adjacent to an activating group) is 1. The van der Waals surface area contributed by atoms with E-state index in [1.54, 1.807) is 11.3 Å². The smallest absolute Gasteiger partial charge is 0.240 e. The normalized spacial score (nSPS) is 19.5. The van der Waals surface area contributed by atoms with Gasteiger partial charge >= 0.3 is 0 Å². The third-order valence-electron chi connectivity index (χ3n) is 3.03. The first-order chi connectivity index (χ1) is 8.20. The largest absolute Gasteiger partial charge is 0.336 e. The van der Waals surface area contributed by atoms with Crippen molar-refractivity contribution in [3.05, 3.63) is 21.3 Å². The first-order valence-corrected chi connectivity index (χ1v) is 7.16. The van der Waals surface area contributed by atoms with Gasteiger partial charge in [-0.2, -0.15) is 0 Å². The van der Waals surface area contributed by atoms with Gasteiger partial charge in [0.05, 0.1) is 16.9 Å². The van der Waals surface area contributed by atoms with E-state index in [0.717, 1.165) is 35.1 Å². The summed E-state index contributed by atoms with van der Waals surface area (Å²) in [6.45, 7) is 4.39. The monoisotopic (exact) mass is 272 g/mol. The third-order valence-corrected chi connectivity index (χ3v) is 4.24. The number of amides is 1. The number of hydrogen-bond acceptors (Lipinski definition) is 3. The van der Waals surface area contributed by atoms with Gasteiger partial charge in [-0.15, -0.1) is 11.3 Å². The standard InChI is InChI=1S/C12H17ClN2OS/c1-2-15(8-9-5-6-11(13)17-9)12(16)10-4-3-7-14-10/h5-6,10,14H,2-4,7-8H2,1H3/t10-/m0/s1. The molecule has 1 saturated heterocycles. The van der Waals surface area contributed by atoms with Crippen molar-refractivity contribution in [1.29, 1.82) is 0 Å². The zero-order chi connectivity index (χ0) is 12.3. The van der Waals surface area contributed by atoms with E-state index in [4.69, 9.17) is 11.6 Å². The van der Waals surface area contributed by atoms with Crippen molar-refractivity contribution < 1.29 is 4.79 Å². The summed E-state index contributed by atoms with van der Waals surface area (Å²) in [6, 6.07) is 3.89. The fraction of sp³-hybridized carbons (Fsp3) is 0.583. The summed E-state index contributed by atoms with van der Waals surface area (Å²) in [5.41, 5.74) is 0. The molecule has 2 rings (SSSR count). The summed E-state index contributed by atoms with van der Waals surface area (Å²) in [4.78, 5) is 15.3. The van der Waals surface area contributed by atoms with E-state index in [1.165, 1.54) is 0 Å². The van der Waals surface area contributed by atoms with Crippen LogP contribution in [-0.4, -0.2) is 29.9 Å². The second-order valence-electron chi connectivity index (χ2n) is 4.21. The van der Waals surface area contributed by atoms with Crippen LogP contribution >= 0.6 is 22.9 Å². The highest BCUT2D eigenvalue weighted by atomic mass is 35.5. The van der Waals surface area contributed by atoms with Gasteiger partial charge in [-0.05, 0) is 38.4 Å². The lowest BCUT2D eigenvalue weighted by molar-refractivity contribution is -0.133. The lowest BCUT2D eigenvalue weighted by atomic mass is 10.2. The maximum atomic E-state index is 12.2. The SMILES string of the molecule is CCN(Cc1ccc(Cl)s1)C(=O)[C@@H]1CCCN1. The number of halogens is 1. The van der Waals surface area contributed by atoms with E-state index in [-0.39, 0.29) is 11.9 Å². The molecule has 1 aliphatic rings. The van der Waals surface area contributed by atoms with Crippen molar-refractivity contribution in [3.8, 4) is 0 Å². The molecular weight excluding hydrogens is 256 g/mol. The molecule has 0 bridgehead atoms. The van der Waals surface area contributed by atoms with E-state index < -0.39 is 0 Å². The van der Waals surface area contributed by atoms with Gasteiger partial charge in [-0.1, -0.05) is 11.6 Å². The molecule has 0 spiro atoms. The van der Waals surface area contributed by atoms with Crippen LogP contribution in [0.25, 0.3) is 0 Å². The summed E-state index contributed by atoms with van der Waals surface area (Å²) >= 11 is 7.44. The number of rotatable bonds is 4. The fourth-order valence-corrected chi connectivity index (χ4v) is 3.19. The Bertz CT molecular complexity index is 388. The maximum Gasteiger partial charge on any atom is 0.240 e. The van der Waals surface area contributed by atoms with Gasteiger partial charge in [0.25, 0.3) is 0 Å². The number of carbonyl (C=O) groups excluding carboxylic acids is 1. The molecule has 1 N–H and O–H groups in total. The lowest BCUT2D eigenvalue weighted by Crippen LogP contribution is -2.43. The summed E-state index contributed by atoms with van der Waals surface area (Å²) in [6.07, 6.45) is 2.05. The highest BCUT2D eigenvalue weighted by Crippen LogP contribution is 2.23. The van der Waals surface area contributed by atoms with Crippen molar-refractivity contribution in [2.45, 2.75) is 32.4 Å². The minimum absolute atomic E-state index is 0.0189. The molecule has 94 valence electrons. The molecule has 0 aliphatic carbocycles. The van der Waals surface area contributed by atoms with Crippen molar-refractivity contribution >= 4 is 28.8 Å². The molecule has 1 amide bonds. The highest BCUT2D eigenvalue weighted by Gasteiger charge is 2.26. The summed E-state index contributed by atoms with van der Waals surface area (Å²) in [5, 5.41) is 3.25. The first kappa shape index (κ1) is 12.9. The van der Waals surface area contributed by atoms with Gasteiger partial charge in [-0.25, -0.2) is 0 Å². The average Bonchev–Trinajstić information content (AvgIpc) is 2.96. The van der Waals surface area contributed by atoms with E-state index in [2.05, 4.69) is 5.32 Å². The van der Waals surface area contributed by atoms with Crippen LogP contribution in [0.3, 0.4) is 0 Å². The number of carbonyl (C=O) groups is 1. The van der Waals surface area contributed by atoms with Crippen LogP contribution < -0.4 is 5.32 Å². The van der Waals surface area contributed by atoms with Crippen LogP contribution in [0, 0.1) is 0 Å². The molecule has 1 fully saturated rings. The van der Waals surface area contributed by atoms with Crippen LogP contribution in [0.4, 0.5) is 0 Å². The van der Waals surface area contributed by atoms with Crippen LogP contribution in [0.15, 0.2) is 12.1 Å². The van der Waals surface area contributed by atoms with Gasteiger partial charge in [0, 0.05) is 11.4 Å². The molecule has 3 nitrogen and oxygen atoms in total. The lowest BCUT2D eigenvalue weighted by Gasteiger charge is -2.23. The Balaban J connectivity index is 1.98. The van der Waals surface area contributed by atoms with Gasteiger partial charge in [-0.3, -0.25) is 4.79 Å². The molecule has 1 aliphatic heterocycles. The number of thiophene rings is 1. The predicted molar refractivity (Wildman–Crippen MR) is 71.4 cm³/mol. The maximum absolute atomic E-state index is 12.2. The first-order valence-electron chi connectivity index (χ1n) is 5.97. The quantitative estimate of drug-likeness (QED) is 0.913. The third kappa shape index (κ3) is 3.21. The molecule has 17 heavy (non-hydrogen) atoms. The summed E-state index contributed by atoms with van der Waals surface area (Å²) < 4.78 is 0.780. The van der Waals surface area contributed by atoms with Gasteiger partial charge < -0.3 is 10.2 Å². The molecular formula is C12H17ClN2OS. The Hall–Kier alpha value is -0.580. The molecule has 5 heteroatoms. The minimum Gasteiger partial charge on any atom is -0.336 e. The Morgan fingerprint density at radius 3 is 3.00 bits per heavy atom. The van der Waals surface area contributed by atoms with Crippen LogP contribution in [-0.2, 0) is 11.3 Å². The zero-order valence-electron chi connectivity index (χ0n) is 9.91.